The highest BCUT2D eigenvalue weighted by atomic mass is 32.2. The predicted octanol–water partition coefficient (Wildman–Crippen LogP) is 4.42. The molecule has 0 saturated heterocycles. The van der Waals surface area contributed by atoms with Crippen molar-refractivity contribution >= 4 is 17.7 Å². The lowest BCUT2D eigenvalue weighted by molar-refractivity contribution is 0.460. The monoisotopic (exact) mass is 432 g/mol. The maximum absolute atomic E-state index is 13.9. The summed E-state index contributed by atoms with van der Waals surface area (Å²) in [7, 11) is 1.75. The van der Waals surface area contributed by atoms with Crippen molar-refractivity contribution in [3.8, 4) is 0 Å². The first-order chi connectivity index (χ1) is 14.5. The van der Waals surface area contributed by atoms with E-state index in [1.807, 2.05) is 19.1 Å². The number of nitrogens with one attached hydrogen (secondary N) is 2. The van der Waals surface area contributed by atoms with Gasteiger partial charge in [0.15, 0.2) is 11.1 Å². The van der Waals surface area contributed by atoms with Gasteiger partial charge in [0.1, 0.15) is 11.6 Å². The van der Waals surface area contributed by atoms with Gasteiger partial charge in [0, 0.05) is 26.1 Å². The SMILES string of the molecule is CN=C(NCCCc1nnc(SC)n1C1CCCC1)NC(C)c1ccc(C)c(F)c1. The van der Waals surface area contributed by atoms with Gasteiger partial charge in [-0.05, 0) is 56.6 Å². The molecule has 1 unspecified atom stereocenters. The Morgan fingerprint density at radius 3 is 2.77 bits per heavy atom. The Morgan fingerprint density at radius 2 is 2.10 bits per heavy atom. The number of benzene rings is 1. The maximum Gasteiger partial charge on any atom is 0.191 e. The van der Waals surface area contributed by atoms with Crippen LogP contribution in [0.4, 0.5) is 4.39 Å². The topological polar surface area (TPSA) is 67.1 Å². The van der Waals surface area contributed by atoms with E-state index in [-0.39, 0.29) is 11.9 Å². The molecule has 0 amide bonds. The highest BCUT2D eigenvalue weighted by Crippen LogP contribution is 2.33. The van der Waals surface area contributed by atoms with Gasteiger partial charge in [0.2, 0.25) is 0 Å². The summed E-state index contributed by atoms with van der Waals surface area (Å²) in [5.41, 5.74) is 1.55. The number of aliphatic imine (C=N–C) groups is 1. The summed E-state index contributed by atoms with van der Waals surface area (Å²) in [6.07, 6.45) is 8.93. The zero-order valence-corrected chi connectivity index (χ0v) is 19.2. The molecule has 164 valence electrons. The van der Waals surface area contributed by atoms with Crippen LogP contribution in [-0.4, -0.2) is 40.6 Å². The number of aryl methyl sites for hydroxylation is 2. The molecule has 0 radical (unpaired) electrons. The summed E-state index contributed by atoms with van der Waals surface area (Å²) in [6, 6.07) is 5.85. The van der Waals surface area contributed by atoms with Crippen molar-refractivity contribution in [1.82, 2.24) is 25.4 Å². The zero-order valence-electron chi connectivity index (χ0n) is 18.4. The minimum Gasteiger partial charge on any atom is -0.356 e. The van der Waals surface area contributed by atoms with E-state index in [9.17, 15) is 4.39 Å². The van der Waals surface area contributed by atoms with Gasteiger partial charge in [-0.1, -0.05) is 36.7 Å². The lowest BCUT2D eigenvalue weighted by Crippen LogP contribution is -2.39. The average molecular weight is 433 g/mol. The van der Waals surface area contributed by atoms with Crippen LogP contribution in [0.25, 0.3) is 0 Å². The van der Waals surface area contributed by atoms with Crippen LogP contribution in [0.2, 0.25) is 0 Å². The molecule has 2 N–H and O–H groups in total. The van der Waals surface area contributed by atoms with Crippen molar-refractivity contribution in [1.29, 1.82) is 0 Å². The van der Waals surface area contributed by atoms with Crippen molar-refractivity contribution in [3.05, 3.63) is 41.0 Å². The standard InChI is InChI=1S/C22H33FN6S/c1-15-11-12-17(14-19(15)23)16(2)26-21(24-3)25-13-7-10-20-27-28-22(30-4)29(20)18-8-5-6-9-18/h11-12,14,16,18H,5-10,13H2,1-4H3,(H2,24,25,26). The number of thioether (sulfide) groups is 1. The van der Waals surface area contributed by atoms with Gasteiger partial charge in [-0.15, -0.1) is 10.2 Å². The van der Waals surface area contributed by atoms with E-state index in [4.69, 9.17) is 0 Å². The molecule has 1 aromatic heterocycles. The number of guanidine groups is 1. The van der Waals surface area contributed by atoms with E-state index in [2.05, 4.69) is 36.6 Å². The number of rotatable bonds is 8. The number of hydrogen-bond donors (Lipinski definition) is 2. The minimum absolute atomic E-state index is 0.0408. The quantitative estimate of drug-likeness (QED) is 0.280. The number of halogens is 1. The summed E-state index contributed by atoms with van der Waals surface area (Å²) < 4.78 is 16.2. The van der Waals surface area contributed by atoms with Crippen LogP contribution in [-0.2, 0) is 6.42 Å². The molecule has 0 aliphatic heterocycles. The molecule has 6 nitrogen and oxygen atoms in total. The molecule has 1 aliphatic carbocycles. The third kappa shape index (κ3) is 5.53. The molecule has 1 aromatic carbocycles. The van der Waals surface area contributed by atoms with Crippen molar-refractivity contribution in [2.75, 3.05) is 19.8 Å². The fraction of sp³-hybridized carbons (Fsp3) is 0.591. The first-order valence-electron chi connectivity index (χ1n) is 10.7. The Balaban J connectivity index is 1.50. The molecule has 2 aromatic rings. The first-order valence-corrected chi connectivity index (χ1v) is 12.0. The summed E-state index contributed by atoms with van der Waals surface area (Å²) in [4.78, 5) is 4.30. The molecular formula is C22H33FN6S. The molecule has 8 heteroatoms. The molecule has 3 rings (SSSR count). The van der Waals surface area contributed by atoms with Crippen LogP contribution in [0.3, 0.4) is 0 Å². The number of hydrogen-bond acceptors (Lipinski definition) is 4. The predicted molar refractivity (Wildman–Crippen MR) is 122 cm³/mol. The van der Waals surface area contributed by atoms with Crippen molar-refractivity contribution in [3.63, 3.8) is 0 Å². The Morgan fingerprint density at radius 1 is 1.33 bits per heavy atom. The second-order valence-corrected chi connectivity index (χ2v) is 8.66. The van der Waals surface area contributed by atoms with Crippen molar-refractivity contribution < 1.29 is 4.39 Å². The highest BCUT2D eigenvalue weighted by Gasteiger charge is 2.23. The Hall–Kier alpha value is -2.09. The molecular weight excluding hydrogens is 399 g/mol. The van der Waals surface area contributed by atoms with E-state index in [0.29, 0.717) is 17.6 Å². The molecule has 1 atom stereocenters. The van der Waals surface area contributed by atoms with Crippen LogP contribution in [0, 0.1) is 12.7 Å². The highest BCUT2D eigenvalue weighted by molar-refractivity contribution is 7.98. The summed E-state index contributed by atoms with van der Waals surface area (Å²) >= 11 is 1.68. The van der Waals surface area contributed by atoms with Gasteiger partial charge >= 0.3 is 0 Å². The van der Waals surface area contributed by atoms with Gasteiger partial charge in [-0.2, -0.15) is 0 Å². The Bertz CT molecular complexity index is 859. The molecule has 1 heterocycles. The van der Waals surface area contributed by atoms with Crippen LogP contribution in [0.15, 0.2) is 28.3 Å². The van der Waals surface area contributed by atoms with Gasteiger partial charge in [0.25, 0.3) is 0 Å². The number of nitrogens with zero attached hydrogens (tertiary/aromatic N) is 4. The van der Waals surface area contributed by atoms with Gasteiger partial charge in [-0.3, -0.25) is 4.99 Å². The summed E-state index contributed by atoms with van der Waals surface area (Å²) in [6.45, 7) is 4.55. The van der Waals surface area contributed by atoms with E-state index < -0.39 is 0 Å². The molecule has 1 fully saturated rings. The fourth-order valence-electron chi connectivity index (χ4n) is 3.96. The summed E-state index contributed by atoms with van der Waals surface area (Å²) in [5.74, 6) is 1.62. The molecule has 1 saturated carbocycles. The fourth-order valence-corrected chi connectivity index (χ4v) is 4.53. The minimum atomic E-state index is -0.180. The smallest absolute Gasteiger partial charge is 0.191 e. The molecule has 30 heavy (non-hydrogen) atoms. The van der Waals surface area contributed by atoms with E-state index in [1.165, 1.54) is 25.7 Å². The third-order valence-electron chi connectivity index (χ3n) is 5.75. The maximum atomic E-state index is 13.9. The van der Waals surface area contributed by atoms with Gasteiger partial charge < -0.3 is 15.2 Å². The Labute approximate surface area is 183 Å². The zero-order chi connectivity index (χ0) is 21.5. The van der Waals surface area contributed by atoms with Crippen LogP contribution >= 0.6 is 11.8 Å². The molecule has 0 spiro atoms. The second-order valence-electron chi connectivity index (χ2n) is 7.89. The van der Waals surface area contributed by atoms with Crippen molar-refractivity contribution in [2.24, 2.45) is 4.99 Å². The Kier molecular flexibility index (Phi) is 8.13. The normalized spacial score (nSPS) is 16.1. The van der Waals surface area contributed by atoms with E-state index >= 15 is 0 Å². The lowest BCUT2D eigenvalue weighted by atomic mass is 10.1. The van der Waals surface area contributed by atoms with Gasteiger partial charge in [0.05, 0.1) is 6.04 Å². The lowest BCUT2D eigenvalue weighted by Gasteiger charge is -2.19. The molecule has 0 bridgehead atoms. The third-order valence-corrected chi connectivity index (χ3v) is 6.39. The van der Waals surface area contributed by atoms with Gasteiger partial charge in [-0.25, -0.2) is 4.39 Å². The van der Waals surface area contributed by atoms with Crippen LogP contribution < -0.4 is 10.6 Å². The average Bonchev–Trinajstić information content (AvgIpc) is 3.41. The second kappa shape index (κ2) is 10.8. The van der Waals surface area contributed by atoms with Crippen LogP contribution in [0.5, 0.6) is 0 Å². The summed E-state index contributed by atoms with van der Waals surface area (Å²) in [5, 5.41) is 16.6. The van der Waals surface area contributed by atoms with E-state index in [1.54, 1.807) is 31.8 Å². The largest absolute Gasteiger partial charge is 0.356 e. The first kappa shape index (κ1) is 22.6. The molecule has 1 aliphatic rings. The van der Waals surface area contributed by atoms with Crippen LogP contribution in [0.1, 0.15) is 68.1 Å². The van der Waals surface area contributed by atoms with Crippen molar-refractivity contribution in [2.45, 2.75) is 69.6 Å². The van der Waals surface area contributed by atoms with E-state index in [0.717, 1.165) is 35.9 Å². The number of aromatic nitrogens is 3.